The van der Waals surface area contributed by atoms with E-state index in [9.17, 15) is 0 Å². The summed E-state index contributed by atoms with van der Waals surface area (Å²) in [6.07, 6.45) is 0. The Bertz CT molecular complexity index is 216. The van der Waals surface area contributed by atoms with Crippen molar-refractivity contribution in [1.82, 2.24) is 0 Å². The molecule has 1 aromatic carbocycles. The summed E-state index contributed by atoms with van der Waals surface area (Å²) in [4.78, 5) is 0. The van der Waals surface area contributed by atoms with Crippen LogP contribution < -0.4 is 5.73 Å². The Labute approximate surface area is 55.5 Å². The third-order valence-electron chi connectivity index (χ3n) is 1.43. The molecule has 1 nitrogen and oxygen atoms in total. The lowest BCUT2D eigenvalue weighted by molar-refractivity contribution is 1.34. The Morgan fingerprint density at radius 3 is 2.56 bits per heavy atom. The number of anilines is 1. The zero-order valence-electron chi connectivity index (χ0n) is 5.73. The molecule has 1 radical (unpaired) electrons. The van der Waals surface area contributed by atoms with Crippen LogP contribution in [0, 0.1) is 19.9 Å². The molecule has 0 saturated carbocycles. The van der Waals surface area contributed by atoms with E-state index in [0.717, 1.165) is 5.69 Å². The van der Waals surface area contributed by atoms with Crippen LogP contribution in [-0.2, 0) is 0 Å². The average Bonchev–Trinajstić information content (AvgIpc) is 1.80. The summed E-state index contributed by atoms with van der Waals surface area (Å²) in [5.41, 5.74) is 8.66. The Kier molecular flexibility index (Phi) is 1.43. The first-order valence-corrected chi connectivity index (χ1v) is 2.94. The summed E-state index contributed by atoms with van der Waals surface area (Å²) in [7, 11) is 0. The van der Waals surface area contributed by atoms with Gasteiger partial charge in [-0.1, -0.05) is 0 Å². The van der Waals surface area contributed by atoms with Crippen molar-refractivity contribution in [2.45, 2.75) is 13.8 Å². The number of hydrogen-bond donors (Lipinski definition) is 1. The van der Waals surface area contributed by atoms with Gasteiger partial charge in [0, 0.05) is 5.69 Å². The van der Waals surface area contributed by atoms with E-state index < -0.39 is 0 Å². The molecule has 47 valence electrons. The fourth-order valence-corrected chi connectivity index (χ4v) is 0.705. The van der Waals surface area contributed by atoms with Crippen molar-refractivity contribution < 1.29 is 0 Å². The van der Waals surface area contributed by atoms with Crippen LogP contribution in [-0.4, -0.2) is 0 Å². The van der Waals surface area contributed by atoms with E-state index in [2.05, 4.69) is 6.07 Å². The predicted molar refractivity (Wildman–Crippen MR) is 39.2 cm³/mol. The molecule has 1 heteroatoms. The molecule has 0 aliphatic heterocycles. The van der Waals surface area contributed by atoms with Crippen LogP contribution in [0.15, 0.2) is 12.1 Å². The minimum absolute atomic E-state index is 0.790. The van der Waals surface area contributed by atoms with E-state index in [1.807, 2.05) is 19.9 Å². The summed E-state index contributed by atoms with van der Waals surface area (Å²) in [5, 5.41) is 0. The van der Waals surface area contributed by atoms with Crippen molar-refractivity contribution in [2.24, 2.45) is 0 Å². The van der Waals surface area contributed by atoms with Gasteiger partial charge in [-0.3, -0.25) is 0 Å². The molecule has 1 aromatic rings. The molecule has 2 N–H and O–H groups in total. The second-order valence-corrected chi connectivity index (χ2v) is 2.24. The van der Waals surface area contributed by atoms with Crippen LogP contribution in [0.2, 0.25) is 0 Å². The molecular formula is C8H10N. The van der Waals surface area contributed by atoms with E-state index in [4.69, 9.17) is 5.73 Å². The molecule has 0 aromatic heterocycles. The summed E-state index contributed by atoms with van der Waals surface area (Å²) >= 11 is 0. The molecule has 9 heavy (non-hydrogen) atoms. The third-order valence-corrected chi connectivity index (χ3v) is 1.43. The second kappa shape index (κ2) is 2.09. The highest BCUT2D eigenvalue weighted by atomic mass is 14.5. The van der Waals surface area contributed by atoms with Crippen LogP contribution >= 0.6 is 0 Å². The van der Waals surface area contributed by atoms with Gasteiger partial charge in [0.25, 0.3) is 0 Å². The molecule has 0 fully saturated rings. The monoisotopic (exact) mass is 120 g/mol. The Balaban J connectivity index is 3.17. The van der Waals surface area contributed by atoms with Crippen molar-refractivity contribution in [3.8, 4) is 0 Å². The lowest BCUT2D eigenvalue weighted by atomic mass is 10.1. The fraction of sp³-hybridized carbons (Fsp3) is 0.250. The van der Waals surface area contributed by atoms with Gasteiger partial charge in [-0.15, -0.1) is 0 Å². The molecule has 1 rings (SSSR count). The largest absolute Gasteiger partial charge is 0.399 e. The Hall–Kier alpha value is -0.980. The Morgan fingerprint density at radius 1 is 1.44 bits per heavy atom. The topological polar surface area (TPSA) is 26.0 Å². The fourth-order valence-electron chi connectivity index (χ4n) is 0.705. The number of hydrogen-bond acceptors (Lipinski definition) is 1. The second-order valence-electron chi connectivity index (χ2n) is 2.24. The molecule has 0 saturated heterocycles. The molecule has 0 bridgehead atoms. The Morgan fingerprint density at radius 2 is 2.11 bits per heavy atom. The molecule has 0 atom stereocenters. The first-order chi connectivity index (χ1) is 4.20. The number of aryl methyl sites for hydroxylation is 2. The minimum atomic E-state index is 0.790. The summed E-state index contributed by atoms with van der Waals surface area (Å²) < 4.78 is 0. The summed E-state index contributed by atoms with van der Waals surface area (Å²) in [6, 6.07) is 6.79. The van der Waals surface area contributed by atoms with Gasteiger partial charge >= 0.3 is 0 Å². The van der Waals surface area contributed by atoms with Crippen LogP contribution in [0.3, 0.4) is 0 Å². The van der Waals surface area contributed by atoms with E-state index >= 15 is 0 Å². The maximum Gasteiger partial charge on any atom is 0.0323 e. The van der Waals surface area contributed by atoms with Crippen molar-refractivity contribution in [2.75, 3.05) is 5.73 Å². The normalized spacial score (nSPS) is 9.56. The average molecular weight is 120 g/mol. The van der Waals surface area contributed by atoms with Gasteiger partial charge in [-0.05, 0) is 43.2 Å². The number of nitrogens with two attached hydrogens (primary N) is 1. The van der Waals surface area contributed by atoms with Crippen molar-refractivity contribution in [3.63, 3.8) is 0 Å². The lowest BCUT2D eigenvalue weighted by Gasteiger charge is -1.97. The molecule has 0 aliphatic carbocycles. The maximum atomic E-state index is 5.50. The minimum Gasteiger partial charge on any atom is -0.399 e. The van der Waals surface area contributed by atoms with Crippen LogP contribution in [0.25, 0.3) is 0 Å². The number of nitrogen functional groups attached to an aromatic ring is 1. The molecule has 0 spiro atoms. The van der Waals surface area contributed by atoms with Crippen molar-refractivity contribution >= 4 is 5.69 Å². The van der Waals surface area contributed by atoms with Gasteiger partial charge in [0.2, 0.25) is 0 Å². The zero-order valence-corrected chi connectivity index (χ0v) is 5.73. The molecule has 0 amide bonds. The quantitative estimate of drug-likeness (QED) is 0.518. The molecule has 0 unspecified atom stereocenters. The van der Waals surface area contributed by atoms with Crippen LogP contribution in [0.1, 0.15) is 11.1 Å². The van der Waals surface area contributed by atoms with Gasteiger partial charge in [0.05, 0.1) is 0 Å². The first kappa shape index (κ1) is 6.14. The zero-order chi connectivity index (χ0) is 6.85. The van der Waals surface area contributed by atoms with Gasteiger partial charge in [-0.2, -0.15) is 0 Å². The summed E-state index contributed by atoms with van der Waals surface area (Å²) in [6.45, 7) is 4.05. The number of rotatable bonds is 0. The molecular weight excluding hydrogens is 110 g/mol. The van der Waals surface area contributed by atoms with Gasteiger partial charge in [-0.25, -0.2) is 0 Å². The van der Waals surface area contributed by atoms with Crippen LogP contribution in [0.4, 0.5) is 5.69 Å². The summed E-state index contributed by atoms with van der Waals surface area (Å²) in [5.74, 6) is 0. The molecule has 0 aliphatic rings. The SMILES string of the molecule is Cc1[c]cc(N)cc1C. The number of benzene rings is 1. The maximum absolute atomic E-state index is 5.50. The molecule has 0 heterocycles. The standard InChI is InChI=1S/C8H10N/c1-6-3-4-8(9)5-7(6)2/h4-5H,9H2,1-2H3. The van der Waals surface area contributed by atoms with Crippen LogP contribution in [0.5, 0.6) is 0 Å². The smallest absolute Gasteiger partial charge is 0.0323 e. The van der Waals surface area contributed by atoms with Crippen molar-refractivity contribution in [1.29, 1.82) is 0 Å². The first-order valence-electron chi connectivity index (χ1n) is 2.94. The van der Waals surface area contributed by atoms with E-state index in [-0.39, 0.29) is 0 Å². The predicted octanol–water partition coefficient (Wildman–Crippen LogP) is 1.69. The van der Waals surface area contributed by atoms with E-state index in [0.29, 0.717) is 0 Å². The van der Waals surface area contributed by atoms with Gasteiger partial charge < -0.3 is 5.73 Å². The highest BCUT2D eigenvalue weighted by Gasteiger charge is 1.90. The van der Waals surface area contributed by atoms with Crippen molar-refractivity contribution in [3.05, 3.63) is 29.3 Å². The van der Waals surface area contributed by atoms with E-state index in [1.165, 1.54) is 11.1 Å². The third kappa shape index (κ3) is 1.22. The lowest BCUT2D eigenvalue weighted by Crippen LogP contribution is -1.86. The van der Waals surface area contributed by atoms with E-state index in [1.54, 1.807) is 6.07 Å². The van der Waals surface area contributed by atoms with Gasteiger partial charge in [0.1, 0.15) is 0 Å². The highest BCUT2D eigenvalue weighted by molar-refractivity contribution is 5.42. The highest BCUT2D eigenvalue weighted by Crippen LogP contribution is 2.09. The van der Waals surface area contributed by atoms with Gasteiger partial charge in [0.15, 0.2) is 0 Å².